The summed E-state index contributed by atoms with van der Waals surface area (Å²) < 4.78 is 6.42. The van der Waals surface area contributed by atoms with Crippen LogP contribution in [-0.2, 0) is 4.74 Å². The van der Waals surface area contributed by atoms with Gasteiger partial charge in [-0.3, -0.25) is 0 Å². The zero-order valence-corrected chi connectivity index (χ0v) is 16.7. The molecule has 1 saturated heterocycles. The molecule has 1 spiro atoms. The normalized spacial score (nSPS) is 67.7. The highest BCUT2D eigenvalue weighted by molar-refractivity contribution is 5.36. The number of allylic oxidation sites excluding steroid dienone is 1. The van der Waals surface area contributed by atoms with Crippen molar-refractivity contribution in [1.29, 1.82) is 0 Å². The molecule has 7 rings (SSSR count). The van der Waals surface area contributed by atoms with E-state index in [0.29, 0.717) is 5.41 Å². The Hall–Kier alpha value is -0.380. The lowest BCUT2D eigenvalue weighted by Gasteiger charge is -2.60. The number of hydrogen-bond acceptors (Lipinski definition) is 3. The Labute approximate surface area is 162 Å². The Balaban J connectivity index is 1.32. The van der Waals surface area contributed by atoms with Crippen LogP contribution in [0.5, 0.6) is 0 Å². The molecule has 6 fully saturated rings. The highest BCUT2D eigenvalue weighted by atomic mass is 16.6. The summed E-state index contributed by atoms with van der Waals surface area (Å²) in [6.45, 7) is 5.10. The van der Waals surface area contributed by atoms with Gasteiger partial charge in [0.25, 0.3) is 0 Å². The molecular weight excluding hydrogens is 336 g/mol. The van der Waals surface area contributed by atoms with E-state index in [9.17, 15) is 10.2 Å². The van der Waals surface area contributed by atoms with Gasteiger partial charge in [0.1, 0.15) is 0 Å². The van der Waals surface area contributed by atoms with Crippen molar-refractivity contribution in [3.05, 3.63) is 11.6 Å². The fraction of sp³-hybridized carbons (Fsp3) is 0.917. The number of aliphatic hydroxyl groups is 2. The molecule has 0 radical (unpaired) electrons. The first-order valence-electron chi connectivity index (χ1n) is 11.7. The number of rotatable bonds is 0. The summed E-state index contributed by atoms with van der Waals surface area (Å²) in [6, 6.07) is 0. The van der Waals surface area contributed by atoms with Crippen LogP contribution in [-0.4, -0.2) is 28.2 Å². The van der Waals surface area contributed by atoms with Crippen molar-refractivity contribution in [3.8, 4) is 0 Å². The molecule has 2 N–H and O–H groups in total. The molecule has 3 nitrogen and oxygen atoms in total. The molecule has 5 saturated carbocycles. The summed E-state index contributed by atoms with van der Waals surface area (Å²) in [5.41, 5.74) is 2.23. The van der Waals surface area contributed by atoms with Crippen LogP contribution in [0.15, 0.2) is 11.6 Å². The van der Waals surface area contributed by atoms with E-state index >= 15 is 0 Å². The van der Waals surface area contributed by atoms with Crippen LogP contribution in [0.4, 0.5) is 0 Å². The van der Waals surface area contributed by atoms with Crippen molar-refractivity contribution < 1.29 is 14.9 Å². The zero-order chi connectivity index (χ0) is 18.3. The molecule has 0 aromatic heterocycles. The fourth-order valence-electron chi connectivity index (χ4n) is 10.0. The Morgan fingerprint density at radius 1 is 0.963 bits per heavy atom. The van der Waals surface area contributed by atoms with Gasteiger partial charge in [0.05, 0.1) is 11.7 Å². The second-order valence-electron chi connectivity index (χ2n) is 11.8. The number of fused-ring (bicyclic) bond motifs is 12. The second-order valence-corrected chi connectivity index (χ2v) is 11.8. The summed E-state index contributed by atoms with van der Waals surface area (Å²) in [7, 11) is 0. The SMILES string of the molecule is C[C@]12CCC(O)C=C1[C@@H]1C[C@@H]1[C@H]1[C@@H]3[C@@H]4C[C@@H]4[C@]4(CCC(O)O4)[C@@]3(C)CC[C@@H]12. The van der Waals surface area contributed by atoms with Crippen LogP contribution in [0.2, 0.25) is 0 Å². The summed E-state index contributed by atoms with van der Waals surface area (Å²) in [5, 5.41) is 20.5. The van der Waals surface area contributed by atoms with Gasteiger partial charge in [0.15, 0.2) is 6.29 Å². The van der Waals surface area contributed by atoms with Gasteiger partial charge in [0, 0.05) is 11.8 Å². The molecule has 0 aromatic carbocycles. The Morgan fingerprint density at radius 2 is 1.81 bits per heavy atom. The third-order valence-corrected chi connectivity index (χ3v) is 11.1. The van der Waals surface area contributed by atoms with Crippen molar-refractivity contribution in [2.24, 2.45) is 52.3 Å². The van der Waals surface area contributed by atoms with Crippen LogP contribution in [0.1, 0.15) is 65.2 Å². The first-order chi connectivity index (χ1) is 12.9. The molecule has 3 heteroatoms. The maximum atomic E-state index is 10.3. The molecule has 0 bridgehead atoms. The van der Waals surface area contributed by atoms with E-state index in [0.717, 1.165) is 60.7 Å². The van der Waals surface area contributed by atoms with Crippen LogP contribution < -0.4 is 0 Å². The summed E-state index contributed by atoms with van der Waals surface area (Å²) in [4.78, 5) is 0. The van der Waals surface area contributed by atoms with Gasteiger partial charge in [-0.25, -0.2) is 0 Å². The van der Waals surface area contributed by atoms with Crippen LogP contribution in [0.25, 0.3) is 0 Å². The van der Waals surface area contributed by atoms with E-state index in [1.807, 2.05) is 0 Å². The predicted molar refractivity (Wildman–Crippen MR) is 101 cm³/mol. The van der Waals surface area contributed by atoms with E-state index in [-0.39, 0.29) is 17.1 Å². The first-order valence-corrected chi connectivity index (χ1v) is 11.7. The third kappa shape index (κ3) is 1.70. The maximum Gasteiger partial charge on any atom is 0.155 e. The minimum Gasteiger partial charge on any atom is -0.389 e. The van der Waals surface area contributed by atoms with Crippen molar-refractivity contribution >= 4 is 0 Å². The number of aliphatic hydroxyl groups excluding tert-OH is 2. The van der Waals surface area contributed by atoms with Crippen molar-refractivity contribution in [3.63, 3.8) is 0 Å². The molecule has 6 aliphatic carbocycles. The predicted octanol–water partition coefficient (Wildman–Crippen LogP) is 3.89. The molecule has 12 atom stereocenters. The lowest BCUT2D eigenvalue weighted by atomic mass is 9.45. The van der Waals surface area contributed by atoms with Crippen LogP contribution >= 0.6 is 0 Å². The van der Waals surface area contributed by atoms with Gasteiger partial charge in [-0.1, -0.05) is 25.5 Å². The average molecular weight is 371 g/mol. The number of hydrogen-bond donors (Lipinski definition) is 2. The van der Waals surface area contributed by atoms with Gasteiger partial charge in [-0.15, -0.1) is 0 Å². The number of ether oxygens (including phenoxy) is 1. The maximum absolute atomic E-state index is 10.3. The van der Waals surface area contributed by atoms with Gasteiger partial charge in [-0.05, 0) is 91.8 Å². The third-order valence-electron chi connectivity index (χ3n) is 11.1. The molecule has 0 aromatic rings. The minimum absolute atomic E-state index is 0.0170. The van der Waals surface area contributed by atoms with E-state index in [4.69, 9.17) is 4.74 Å². The minimum atomic E-state index is -0.522. The molecule has 7 aliphatic rings. The zero-order valence-electron chi connectivity index (χ0n) is 16.7. The molecule has 1 aliphatic heterocycles. The summed E-state index contributed by atoms with van der Waals surface area (Å²) >= 11 is 0. The van der Waals surface area contributed by atoms with Crippen LogP contribution in [0.3, 0.4) is 0 Å². The Kier molecular flexibility index (Phi) is 2.84. The van der Waals surface area contributed by atoms with E-state index in [1.54, 1.807) is 5.57 Å². The van der Waals surface area contributed by atoms with Crippen molar-refractivity contribution in [2.75, 3.05) is 0 Å². The highest BCUT2D eigenvalue weighted by Crippen LogP contribution is 2.82. The first kappa shape index (κ1) is 16.4. The topological polar surface area (TPSA) is 49.7 Å². The van der Waals surface area contributed by atoms with E-state index in [2.05, 4.69) is 19.9 Å². The fourth-order valence-corrected chi connectivity index (χ4v) is 10.0. The molecule has 27 heavy (non-hydrogen) atoms. The molecule has 148 valence electrons. The van der Waals surface area contributed by atoms with Crippen LogP contribution in [0, 0.1) is 52.3 Å². The standard InChI is InChI=1S/C24H34O3/c1-22-6-3-12(25)9-17(22)13-10-14(13)20-16(22)4-7-23(2)21(20)15-11-18(15)24(23)8-5-19(26)27-24/h9,12-16,18-21,25-26H,3-8,10-11H2,1-2H3/t12?,13-,14+,15-,16+,18+,19?,20-,21+,22-,23+,24-/m1/s1. The summed E-state index contributed by atoms with van der Waals surface area (Å²) in [6.07, 6.45) is 10.9. The monoisotopic (exact) mass is 370 g/mol. The largest absolute Gasteiger partial charge is 0.389 e. The molecule has 0 amide bonds. The Morgan fingerprint density at radius 3 is 2.59 bits per heavy atom. The second kappa shape index (κ2) is 4.68. The molecule has 2 unspecified atom stereocenters. The quantitative estimate of drug-likeness (QED) is 0.636. The van der Waals surface area contributed by atoms with Crippen molar-refractivity contribution in [2.45, 2.75) is 83.2 Å². The summed E-state index contributed by atoms with van der Waals surface area (Å²) in [5.74, 6) is 5.69. The van der Waals surface area contributed by atoms with E-state index in [1.165, 1.54) is 32.1 Å². The van der Waals surface area contributed by atoms with Gasteiger partial charge >= 0.3 is 0 Å². The molecular formula is C24H34O3. The van der Waals surface area contributed by atoms with Gasteiger partial charge in [-0.2, -0.15) is 0 Å². The average Bonchev–Trinajstić information content (AvgIpc) is 3.53. The van der Waals surface area contributed by atoms with Gasteiger partial charge in [0.2, 0.25) is 0 Å². The lowest BCUT2D eigenvalue weighted by Crippen LogP contribution is -2.57. The smallest absolute Gasteiger partial charge is 0.155 e. The van der Waals surface area contributed by atoms with Gasteiger partial charge < -0.3 is 14.9 Å². The highest BCUT2D eigenvalue weighted by Gasteiger charge is 2.80. The molecule has 1 heterocycles. The Bertz CT molecular complexity index is 746. The van der Waals surface area contributed by atoms with E-state index < -0.39 is 6.29 Å². The lowest BCUT2D eigenvalue weighted by molar-refractivity contribution is -0.210. The van der Waals surface area contributed by atoms with Crippen molar-refractivity contribution in [1.82, 2.24) is 0 Å².